The zero-order valence-electron chi connectivity index (χ0n) is 17.6. The van der Waals surface area contributed by atoms with Crippen LogP contribution < -0.4 is 15.4 Å². The molecule has 3 aromatic rings. The maximum absolute atomic E-state index is 11.6. The summed E-state index contributed by atoms with van der Waals surface area (Å²) >= 11 is 0. The molecule has 0 spiro atoms. The molecule has 7 nitrogen and oxygen atoms in total. The Morgan fingerprint density at radius 2 is 1.90 bits per heavy atom. The molecule has 0 radical (unpaired) electrons. The van der Waals surface area contributed by atoms with Gasteiger partial charge in [0.25, 0.3) is 0 Å². The Morgan fingerprint density at radius 3 is 2.67 bits per heavy atom. The molecule has 1 heterocycles. The molecular weight excluding hydrogens is 398 g/mol. The van der Waals surface area contributed by atoms with Crippen LogP contribution >= 0.6 is 0 Å². The van der Waals surface area contributed by atoms with Crippen molar-refractivity contribution in [1.29, 1.82) is 0 Å². The number of aromatic amines is 1. The molecule has 0 atom stereocenters. The number of para-hydroxylation sites is 1. The average Bonchev–Trinajstić information content (AvgIpc) is 3.08. The molecule has 0 bridgehead atoms. The number of fused-ring (bicyclic) bond motifs is 1. The van der Waals surface area contributed by atoms with E-state index in [-0.39, 0.29) is 0 Å². The Morgan fingerprint density at radius 1 is 1.10 bits per heavy atom. The van der Waals surface area contributed by atoms with Crippen LogP contribution in [0.3, 0.4) is 0 Å². The van der Waals surface area contributed by atoms with Crippen molar-refractivity contribution < 1.29 is 8.42 Å². The lowest BCUT2D eigenvalue weighted by Gasteiger charge is -2.13. The van der Waals surface area contributed by atoms with Crippen molar-refractivity contribution in [3.8, 4) is 0 Å². The smallest absolute Gasteiger partial charge is 0.229 e. The zero-order valence-corrected chi connectivity index (χ0v) is 18.4. The number of aromatic nitrogens is 1. The van der Waals surface area contributed by atoms with Gasteiger partial charge in [0, 0.05) is 30.2 Å². The van der Waals surface area contributed by atoms with Crippen LogP contribution in [0, 0.1) is 6.92 Å². The number of rotatable bonds is 8. The van der Waals surface area contributed by atoms with E-state index in [4.69, 9.17) is 0 Å². The third-order valence-corrected chi connectivity index (χ3v) is 5.26. The number of nitrogens with zero attached hydrogens (tertiary/aromatic N) is 1. The van der Waals surface area contributed by atoms with Gasteiger partial charge in [0.15, 0.2) is 5.96 Å². The number of aliphatic imine (C=N–C) groups is 1. The van der Waals surface area contributed by atoms with Crippen LogP contribution in [-0.4, -0.2) is 38.7 Å². The highest BCUT2D eigenvalue weighted by Crippen LogP contribution is 2.20. The second-order valence-corrected chi connectivity index (χ2v) is 9.01. The fourth-order valence-electron chi connectivity index (χ4n) is 3.29. The summed E-state index contributed by atoms with van der Waals surface area (Å²) in [6, 6.07) is 13.7. The molecule has 0 saturated heterocycles. The molecular formula is C22H29N5O2S. The second-order valence-electron chi connectivity index (χ2n) is 7.27. The first-order valence-electron chi connectivity index (χ1n) is 10.00. The highest BCUT2D eigenvalue weighted by atomic mass is 32.2. The third kappa shape index (κ3) is 6.00. The number of guanidine groups is 1. The summed E-state index contributed by atoms with van der Waals surface area (Å²) in [5, 5.41) is 7.84. The predicted octanol–water partition coefficient (Wildman–Crippen LogP) is 3.15. The van der Waals surface area contributed by atoms with E-state index in [9.17, 15) is 8.42 Å². The van der Waals surface area contributed by atoms with Crippen LogP contribution in [0.2, 0.25) is 0 Å². The van der Waals surface area contributed by atoms with Crippen molar-refractivity contribution in [2.24, 2.45) is 4.99 Å². The quantitative estimate of drug-likeness (QED) is 0.328. The van der Waals surface area contributed by atoms with Crippen LogP contribution in [0.1, 0.15) is 23.6 Å². The maximum Gasteiger partial charge on any atom is 0.229 e. The fraction of sp³-hybridized carbons (Fsp3) is 0.318. The first kappa shape index (κ1) is 21.7. The Hall–Kier alpha value is -3.00. The van der Waals surface area contributed by atoms with Crippen LogP contribution in [0.25, 0.3) is 10.9 Å². The number of hydrogen-bond donors (Lipinski definition) is 4. The Bertz CT molecular complexity index is 1140. The lowest BCUT2D eigenvalue weighted by Crippen LogP contribution is -2.38. The van der Waals surface area contributed by atoms with Crippen LogP contribution in [0.4, 0.5) is 5.69 Å². The molecule has 0 fully saturated rings. The van der Waals surface area contributed by atoms with E-state index in [1.54, 1.807) is 12.1 Å². The van der Waals surface area contributed by atoms with E-state index in [1.165, 1.54) is 16.5 Å². The number of benzene rings is 2. The summed E-state index contributed by atoms with van der Waals surface area (Å²) in [5.41, 5.74) is 5.01. The Kier molecular flexibility index (Phi) is 6.99. The molecule has 1 aromatic heterocycles. The largest absolute Gasteiger partial charge is 0.361 e. The van der Waals surface area contributed by atoms with Gasteiger partial charge in [0.05, 0.1) is 18.5 Å². The normalized spacial score (nSPS) is 12.2. The monoisotopic (exact) mass is 427 g/mol. The van der Waals surface area contributed by atoms with Gasteiger partial charge in [-0.1, -0.05) is 30.3 Å². The standard InChI is InChI=1S/C22H29N5O2S/c1-4-23-22(26-15-18-7-5-6-8-20(18)27-30(3,28)29)24-12-11-17-14-25-21-13-16(2)9-10-19(17)21/h5-10,13-14,25,27H,4,11-12,15H2,1-3H3,(H2,23,24,26). The first-order valence-corrected chi connectivity index (χ1v) is 11.9. The van der Waals surface area contributed by atoms with Crippen molar-refractivity contribution in [3.05, 3.63) is 65.4 Å². The number of hydrogen-bond acceptors (Lipinski definition) is 3. The molecule has 0 amide bonds. The van der Waals surface area contributed by atoms with Crippen molar-refractivity contribution in [2.75, 3.05) is 24.1 Å². The summed E-state index contributed by atoms with van der Waals surface area (Å²) < 4.78 is 25.7. The van der Waals surface area contributed by atoms with E-state index < -0.39 is 10.0 Å². The summed E-state index contributed by atoms with van der Waals surface area (Å²) in [6.45, 7) is 5.93. The topological polar surface area (TPSA) is 98.4 Å². The highest BCUT2D eigenvalue weighted by molar-refractivity contribution is 7.92. The maximum atomic E-state index is 11.6. The van der Waals surface area contributed by atoms with Crippen molar-refractivity contribution in [3.63, 3.8) is 0 Å². The Labute approximate surface area is 178 Å². The summed E-state index contributed by atoms with van der Waals surface area (Å²) in [6.07, 6.45) is 4.06. The molecule has 2 aromatic carbocycles. The van der Waals surface area contributed by atoms with E-state index in [1.807, 2.05) is 19.1 Å². The fourth-order valence-corrected chi connectivity index (χ4v) is 3.88. The number of aryl methyl sites for hydroxylation is 1. The van der Waals surface area contributed by atoms with E-state index >= 15 is 0 Å². The molecule has 0 saturated carbocycles. The minimum absolute atomic E-state index is 0.361. The first-order chi connectivity index (χ1) is 14.4. The van der Waals surface area contributed by atoms with Gasteiger partial charge >= 0.3 is 0 Å². The summed E-state index contributed by atoms with van der Waals surface area (Å²) in [4.78, 5) is 7.95. The highest BCUT2D eigenvalue weighted by Gasteiger charge is 2.08. The van der Waals surface area contributed by atoms with E-state index in [0.717, 1.165) is 36.8 Å². The molecule has 0 aliphatic heterocycles. The minimum Gasteiger partial charge on any atom is -0.361 e. The van der Waals surface area contributed by atoms with Gasteiger partial charge in [-0.3, -0.25) is 4.72 Å². The lowest BCUT2D eigenvalue weighted by atomic mass is 10.1. The zero-order chi connectivity index (χ0) is 21.6. The average molecular weight is 428 g/mol. The number of nitrogens with one attached hydrogen (secondary N) is 4. The number of sulfonamides is 1. The third-order valence-electron chi connectivity index (χ3n) is 4.67. The van der Waals surface area contributed by atoms with Gasteiger partial charge in [-0.05, 0) is 49.1 Å². The molecule has 3 rings (SSSR count). The molecule has 4 N–H and O–H groups in total. The SMILES string of the molecule is CCNC(=NCc1ccccc1NS(C)(=O)=O)NCCc1c[nH]c2cc(C)ccc12. The van der Waals surface area contributed by atoms with Gasteiger partial charge in [0.1, 0.15) is 0 Å². The van der Waals surface area contributed by atoms with Gasteiger partial charge in [-0.15, -0.1) is 0 Å². The van der Waals surface area contributed by atoms with Crippen LogP contribution in [0.5, 0.6) is 0 Å². The minimum atomic E-state index is -3.34. The van der Waals surface area contributed by atoms with Crippen molar-refractivity contribution in [1.82, 2.24) is 15.6 Å². The van der Waals surface area contributed by atoms with Crippen molar-refractivity contribution in [2.45, 2.75) is 26.8 Å². The molecule has 8 heteroatoms. The molecule has 0 aliphatic carbocycles. The molecule has 30 heavy (non-hydrogen) atoms. The summed E-state index contributed by atoms with van der Waals surface area (Å²) in [5.74, 6) is 0.697. The van der Waals surface area contributed by atoms with Gasteiger partial charge in [-0.2, -0.15) is 0 Å². The molecule has 0 aliphatic rings. The van der Waals surface area contributed by atoms with Crippen LogP contribution in [0.15, 0.2) is 53.7 Å². The summed E-state index contributed by atoms with van der Waals surface area (Å²) in [7, 11) is -3.34. The van der Waals surface area contributed by atoms with Gasteiger partial charge < -0.3 is 15.6 Å². The van der Waals surface area contributed by atoms with Crippen LogP contribution in [-0.2, 0) is 23.0 Å². The Balaban J connectivity index is 1.65. The molecule has 160 valence electrons. The lowest BCUT2D eigenvalue weighted by molar-refractivity contribution is 0.606. The second kappa shape index (κ2) is 9.67. The number of anilines is 1. The number of H-pyrrole nitrogens is 1. The van der Waals surface area contributed by atoms with E-state index in [2.05, 4.69) is 56.7 Å². The van der Waals surface area contributed by atoms with Crippen molar-refractivity contribution >= 4 is 32.6 Å². The predicted molar refractivity (Wildman–Crippen MR) is 124 cm³/mol. The van der Waals surface area contributed by atoms with Gasteiger partial charge in [0.2, 0.25) is 10.0 Å². The van der Waals surface area contributed by atoms with E-state index in [0.29, 0.717) is 18.2 Å². The van der Waals surface area contributed by atoms with Gasteiger partial charge in [-0.25, -0.2) is 13.4 Å². The molecule has 0 unspecified atom stereocenters.